The van der Waals surface area contributed by atoms with Crippen LogP contribution >= 0.6 is 0 Å². The summed E-state index contributed by atoms with van der Waals surface area (Å²) in [7, 11) is 0. The van der Waals surface area contributed by atoms with Gasteiger partial charge in [-0.1, -0.05) is 30.3 Å². The lowest BCUT2D eigenvalue weighted by atomic mass is 10.1. The molecule has 0 saturated heterocycles. The molecule has 1 unspecified atom stereocenters. The van der Waals surface area contributed by atoms with E-state index in [0.717, 1.165) is 16.8 Å². The first-order valence-electron chi connectivity index (χ1n) is 8.18. The number of hydrogen-bond donors (Lipinski definition) is 2. The lowest BCUT2D eigenvalue weighted by Crippen LogP contribution is -2.30. The zero-order valence-electron chi connectivity index (χ0n) is 14.0. The smallest absolute Gasteiger partial charge is 0.254 e. The first-order chi connectivity index (χ1) is 12.2. The van der Waals surface area contributed by atoms with E-state index >= 15 is 0 Å². The number of hydrogen-bond acceptors (Lipinski definition) is 4. The van der Waals surface area contributed by atoms with E-state index in [9.17, 15) is 9.90 Å². The van der Waals surface area contributed by atoms with Gasteiger partial charge in [-0.15, -0.1) is 0 Å². The third-order valence-corrected chi connectivity index (χ3v) is 3.88. The second kappa shape index (κ2) is 7.72. The number of nitrogens with one attached hydrogen (secondary N) is 1. The van der Waals surface area contributed by atoms with Gasteiger partial charge in [-0.2, -0.15) is 5.10 Å². The molecule has 1 atom stereocenters. The Balaban J connectivity index is 1.73. The zero-order chi connectivity index (χ0) is 17.6. The maximum Gasteiger partial charge on any atom is 0.254 e. The molecule has 6 heteroatoms. The Morgan fingerprint density at radius 3 is 2.60 bits per heavy atom. The number of amides is 1. The molecule has 25 heavy (non-hydrogen) atoms. The van der Waals surface area contributed by atoms with E-state index in [1.54, 1.807) is 23.1 Å². The van der Waals surface area contributed by atoms with Crippen molar-refractivity contribution in [2.75, 3.05) is 5.32 Å². The molecule has 0 aliphatic heterocycles. The highest BCUT2D eigenvalue weighted by molar-refractivity contribution is 5.94. The van der Waals surface area contributed by atoms with Crippen molar-refractivity contribution in [1.82, 2.24) is 14.8 Å². The number of aryl methyl sites for hydroxylation is 1. The molecule has 128 valence electrons. The standard InChI is InChI=1S/C19H20N4O2/c1-2-23-18(13-16(22-23)15-8-10-20-11-9-15)21-19(25)17(24)12-14-6-4-3-5-7-14/h3-11,13,17,24H,2,12H2,1H3,(H,21,25). The van der Waals surface area contributed by atoms with E-state index in [1.165, 1.54) is 0 Å². The maximum atomic E-state index is 12.3. The lowest BCUT2D eigenvalue weighted by molar-refractivity contribution is -0.124. The minimum atomic E-state index is -1.12. The summed E-state index contributed by atoms with van der Waals surface area (Å²) in [5.74, 6) is 0.117. The van der Waals surface area contributed by atoms with Crippen LogP contribution in [0.1, 0.15) is 12.5 Å². The largest absolute Gasteiger partial charge is 0.383 e. The van der Waals surface area contributed by atoms with Crippen LogP contribution in [0.5, 0.6) is 0 Å². The van der Waals surface area contributed by atoms with Crippen molar-refractivity contribution in [3.05, 3.63) is 66.5 Å². The number of anilines is 1. The Hall–Kier alpha value is -2.99. The van der Waals surface area contributed by atoms with Gasteiger partial charge in [0.05, 0.1) is 5.69 Å². The summed E-state index contributed by atoms with van der Waals surface area (Å²) >= 11 is 0. The molecule has 2 heterocycles. The molecule has 2 aromatic heterocycles. The van der Waals surface area contributed by atoms with Crippen LogP contribution in [0, 0.1) is 0 Å². The summed E-state index contributed by atoms with van der Waals surface area (Å²) in [6.07, 6.45) is 2.54. The fourth-order valence-corrected chi connectivity index (χ4v) is 2.56. The van der Waals surface area contributed by atoms with Crippen molar-refractivity contribution < 1.29 is 9.90 Å². The number of pyridine rings is 1. The summed E-state index contributed by atoms with van der Waals surface area (Å²) in [5.41, 5.74) is 2.58. The third kappa shape index (κ3) is 4.10. The summed E-state index contributed by atoms with van der Waals surface area (Å²) in [6, 6.07) is 14.9. The average molecular weight is 336 g/mol. The Morgan fingerprint density at radius 2 is 1.92 bits per heavy atom. The molecule has 3 rings (SSSR count). The lowest BCUT2D eigenvalue weighted by Gasteiger charge is -2.12. The van der Waals surface area contributed by atoms with Crippen molar-refractivity contribution in [3.8, 4) is 11.3 Å². The van der Waals surface area contributed by atoms with Gasteiger partial charge in [0, 0.05) is 37.0 Å². The Kier molecular flexibility index (Phi) is 5.20. The normalized spacial score (nSPS) is 11.9. The van der Waals surface area contributed by atoms with E-state index in [4.69, 9.17) is 0 Å². The van der Waals surface area contributed by atoms with Gasteiger partial charge in [0.2, 0.25) is 0 Å². The predicted molar refractivity (Wildman–Crippen MR) is 95.9 cm³/mol. The summed E-state index contributed by atoms with van der Waals surface area (Å²) < 4.78 is 1.70. The third-order valence-electron chi connectivity index (χ3n) is 3.88. The molecule has 2 N–H and O–H groups in total. The van der Waals surface area contributed by atoms with Crippen LogP contribution in [-0.2, 0) is 17.8 Å². The first kappa shape index (κ1) is 16.9. The topological polar surface area (TPSA) is 80.0 Å². The zero-order valence-corrected chi connectivity index (χ0v) is 14.0. The molecule has 0 fully saturated rings. The van der Waals surface area contributed by atoms with E-state index in [0.29, 0.717) is 12.4 Å². The number of benzene rings is 1. The Labute approximate surface area is 146 Å². The Morgan fingerprint density at radius 1 is 1.20 bits per heavy atom. The molecule has 6 nitrogen and oxygen atoms in total. The van der Waals surface area contributed by atoms with Gasteiger partial charge in [-0.05, 0) is 24.6 Å². The number of aliphatic hydroxyl groups is 1. The molecule has 0 saturated carbocycles. The van der Waals surface area contributed by atoms with Crippen LogP contribution in [0.4, 0.5) is 5.82 Å². The highest BCUT2D eigenvalue weighted by Crippen LogP contribution is 2.21. The molecular weight excluding hydrogens is 316 g/mol. The Bertz CT molecular complexity index is 831. The van der Waals surface area contributed by atoms with Crippen molar-refractivity contribution in [2.45, 2.75) is 26.0 Å². The average Bonchev–Trinajstić information content (AvgIpc) is 3.06. The summed E-state index contributed by atoms with van der Waals surface area (Å²) in [4.78, 5) is 16.3. The number of carbonyl (C=O) groups is 1. The van der Waals surface area contributed by atoms with E-state index in [-0.39, 0.29) is 6.42 Å². The van der Waals surface area contributed by atoms with Crippen LogP contribution in [0.3, 0.4) is 0 Å². The highest BCUT2D eigenvalue weighted by atomic mass is 16.3. The first-order valence-corrected chi connectivity index (χ1v) is 8.18. The maximum absolute atomic E-state index is 12.3. The van der Waals surface area contributed by atoms with Gasteiger partial charge >= 0.3 is 0 Å². The van der Waals surface area contributed by atoms with Crippen LogP contribution in [0.2, 0.25) is 0 Å². The molecule has 0 bridgehead atoms. The van der Waals surface area contributed by atoms with Crippen molar-refractivity contribution in [1.29, 1.82) is 0 Å². The van der Waals surface area contributed by atoms with Gasteiger partial charge in [0.25, 0.3) is 5.91 Å². The summed E-state index contributed by atoms with van der Waals surface area (Å²) in [6.45, 7) is 2.55. The van der Waals surface area contributed by atoms with Gasteiger partial charge in [-0.3, -0.25) is 9.78 Å². The van der Waals surface area contributed by atoms with Gasteiger partial charge < -0.3 is 10.4 Å². The fraction of sp³-hybridized carbons (Fsp3) is 0.211. The van der Waals surface area contributed by atoms with Crippen molar-refractivity contribution in [3.63, 3.8) is 0 Å². The minimum Gasteiger partial charge on any atom is -0.383 e. The van der Waals surface area contributed by atoms with Crippen molar-refractivity contribution >= 4 is 11.7 Å². The molecule has 0 spiro atoms. The van der Waals surface area contributed by atoms with Crippen LogP contribution in [0.15, 0.2) is 60.9 Å². The second-order valence-electron chi connectivity index (χ2n) is 5.66. The van der Waals surface area contributed by atoms with Crippen molar-refractivity contribution in [2.24, 2.45) is 0 Å². The number of nitrogens with zero attached hydrogens (tertiary/aromatic N) is 3. The van der Waals surface area contributed by atoms with Gasteiger partial charge in [0.1, 0.15) is 11.9 Å². The highest BCUT2D eigenvalue weighted by Gasteiger charge is 2.18. The van der Waals surface area contributed by atoms with Crippen LogP contribution in [0.25, 0.3) is 11.3 Å². The molecule has 1 amide bonds. The molecule has 0 aliphatic carbocycles. The molecule has 3 aromatic rings. The molecular formula is C19H20N4O2. The van der Waals surface area contributed by atoms with E-state index < -0.39 is 12.0 Å². The minimum absolute atomic E-state index is 0.268. The second-order valence-corrected chi connectivity index (χ2v) is 5.66. The monoisotopic (exact) mass is 336 g/mol. The quantitative estimate of drug-likeness (QED) is 0.725. The molecule has 0 radical (unpaired) electrons. The number of aliphatic hydroxyl groups excluding tert-OH is 1. The van der Waals surface area contributed by atoms with E-state index in [2.05, 4.69) is 15.4 Å². The number of rotatable bonds is 6. The van der Waals surface area contributed by atoms with Gasteiger partial charge in [0.15, 0.2) is 0 Å². The van der Waals surface area contributed by atoms with Gasteiger partial charge in [-0.25, -0.2) is 4.68 Å². The number of aromatic nitrogens is 3. The van der Waals surface area contributed by atoms with Crippen LogP contribution < -0.4 is 5.32 Å². The predicted octanol–water partition coefficient (Wildman–Crippen LogP) is 2.51. The van der Waals surface area contributed by atoms with E-state index in [1.807, 2.05) is 49.4 Å². The molecule has 0 aliphatic rings. The number of carbonyl (C=O) groups excluding carboxylic acids is 1. The summed E-state index contributed by atoms with van der Waals surface area (Å²) in [5, 5.41) is 17.4. The molecule has 1 aromatic carbocycles. The fourth-order valence-electron chi connectivity index (χ4n) is 2.56. The van der Waals surface area contributed by atoms with Crippen LogP contribution in [-0.4, -0.2) is 31.9 Å². The SMILES string of the molecule is CCn1nc(-c2ccncc2)cc1NC(=O)C(O)Cc1ccccc1.